The van der Waals surface area contributed by atoms with Gasteiger partial charge in [0.25, 0.3) is 0 Å². The Bertz CT molecular complexity index is 1990. The number of rotatable bonds is 7. The number of hydrogen-bond donors (Lipinski definition) is 1. The fraction of sp³-hybridized carbons (Fsp3) is 0.211. The molecule has 8 heteroatoms. The molecule has 2 atom stereocenters. The molecule has 8 nitrogen and oxygen atoms in total. The van der Waals surface area contributed by atoms with E-state index in [4.69, 9.17) is 20.4 Å². The molecule has 1 fully saturated rings. The van der Waals surface area contributed by atoms with E-state index in [1.807, 2.05) is 66.7 Å². The van der Waals surface area contributed by atoms with Gasteiger partial charge in [0.1, 0.15) is 11.3 Å². The molecule has 0 radical (unpaired) electrons. The number of piperidine rings is 1. The number of benzene rings is 3. The number of fused-ring (bicyclic) bond motifs is 1. The number of aromatic nitrogens is 4. The summed E-state index contributed by atoms with van der Waals surface area (Å²) >= 11 is 0. The lowest BCUT2D eigenvalue weighted by atomic mass is 9.89. The number of likely N-dealkylation sites (tertiary alicyclic amines) is 1. The fourth-order valence-electron chi connectivity index (χ4n) is 6.51. The Morgan fingerprint density at radius 2 is 1.70 bits per heavy atom. The first-order chi connectivity index (χ1) is 22.5. The minimum atomic E-state index is -0.312. The molecule has 2 unspecified atom stereocenters. The van der Waals surface area contributed by atoms with Crippen molar-refractivity contribution in [2.75, 3.05) is 25.9 Å². The number of pyridine rings is 2. The predicted octanol–water partition coefficient (Wildman–Crippen LogP) is 7.46. The summed E-state index contributed by atoms with van der Waals surface area (Å²) in [6, 6.07) is 34.9. The Labute approximate surface area is 268 Å². The first-order valence-corrected chi connectivity index (χ1v) is 15.7. The quantitative estimate of drug-likeness (QED) is 0.188. The van der Waals surface area contributed by atoms with E-state index in [1.54, 1.807) is 6.20 Å². The van der Waals surface area contributed by atoms with Crippen LogP contribution in [-0.4, -0.2) is 50.6 Å². The van der Waals surface area contributed by atoms with Crippen molar-refractivity contribution >= 4 is 23.0 Å². The van der Waals surface area contributed by atoms with Crippen molar-refractivity contribution in [1.29, 1.82) is 0 Å². The molecule has 3 aromatic heterocycles. The van der Waals surface area contributed by atoms with Crippen LogP contribution >= 0.6 is 0 Å². The van der Waals surface area contributed by atoms with E-state index >= 15 is 0 Å². The largest absolute Gasteiger partial charge is 0.465 e. The third-order valence-corrected chi connectivity index (χ3v) is 9.09. The van der Waals surface area contributed by atoms with Gasteiger partial charge in [0.05, 0.1) is 23.9 Å². The number of anilines is 1. The molecule has 7 rings (SSSR count). The predicted molar refractivity (Wildman–Crippen MR) is 182 cm³/mol. The number of nitrogens with zero attached hydrogens (tertiary/aromatic N) is 5. The minimum absolute atomic E-state index is 0.239. The van der Waals surface area contributed by atoms with Gasteiger partial charge in [-0.2, -0.15) is 0 Å². The van der Waals surface area contributed by atoms with E-state index in [2.05, 4.69) is 57.8 Å². The van der Waals surface area contributed by atoms with Crippen molar-refractivity contribution in [2.45, 2.75) is 31.7 Å². The number of carbonyl (C=O) groups is 1. The first kappa shape index (κ1) is 29.4. The molecule has 0 saturated carbocycles. The monoisotopic (exact) mass is 608 g/mol. The van der Waals surface area contributed by atoms with Crippen molar-refractivity contribution in [3.63, 3.8) is 0 Å². The van der Waals surface area contributed by atoms with Crippen LogP contribution in [0, 0.1) is 0 Å². The molecule has 1 saturated heterocycles. The van der Waals surface area contributed by atoms with Crippen molar-refractivity contribution < 1.29 is 9.53 Å². The lowest BCUT2D eigenvalue weighted by Crippen LogP contribution is -2.36. The zero-order chi connectivity index (χ0) is 31.6. The summed E-state index contributed by atoms with van der Waals surface area (Å²) in [6.07, 6.45) is 3.95. The van der Waals surface area contributed by atoms with Gasteiger partial charge in [-0.05, 0) is 91.9 Å². The van der Waals surface area contributed by atoms with Crippen LogP contribution in [0.5, 0.6) is 0 Å². The maximum atomic E-state index is 11.9. The molecule has 0 bridgehead atoms. The van der Waals surface area contributed by atoms with Crippen molar-refractivity contribution in [2.24, 2.45) is 0 Å². The summed E-state index contributed by atoms with van der Waals surface area (Å²) in [5, 5.41) is 0. The van der Waals surface area contributed by atoms with Crippen molar-refractivity contribution in [1.82, 2.24) is 24.4 Å². The van der Waals surface area contributed by atoms with E-state index in [-0.39, 0.29) is 12.0 Å². The lowest BCUT2D eigenvalue weighted by molar-refractivity contribution is 0.0600. The molecule has 1 aliphatic rings. The Kier molecular flexibility index (Phi) is 8.03. The van der Waals surface area contributed by atoms with Crippen molar-refractivity contribution in [3.8, 4) is 28.3 Å². The Balaban J connectivity index is 1.20. The molecule has 230 valence electrons. The number of methoxy groups -OCH3 is 1. The fourth-order valence-corrected chi connectivity index (χ4v) is 6.51. The van der Waals surface area contributed by atoms with Crippen LogP contribution in [0.2, 0.25) is 0 Å². The second kappa shape index (κ2) is 12.6. The molecule has 46 heavy (non-hydrogen) atoms. The topological polar surface area (TPSA) is 99.2 Å². The first-order valence-electron chi connectivity index (χ1n) is 15.7. The van der Waals surface area contributed by atoms with Crippen molar-refractivity contribution in [3.05, 3.63) is 126 Å². The van der Waals surface area contributed by atoms with Gasteiger partial charge in [-0.1, -0.05) is 54.6 Å². The maximum Gasteiger partial charge on any atom is 0.337 e. The van der Waals surface area contributed by atoms with Crippen LogP contribution < -0.4 is 5.73 Å². The highest BCUT2D eigenvalue weighted by atomic mass is 16.5. The average Bonchev–Trinajstić information content (AvgIpc) is 3.50. The maximum absolute atomic E-state index is 11.9. The minimum Gasteiger partial charge on any atom is -0.465 e. The van der Waals surface area contributed by atoms with Crippen LogP contribution in [0.3, 0.4) is 0 Å². The zero-order valence-electron chi connectivity index (χ0n) is 26.0. The third kappa shape index (κ3) is 5.63. The molecule has 0 amide bonds. The summed E-state index contributed by atoms with van der Waals surface area (Å²) in [4.78, 5) is 28.9. The van der Waals surface area contributed by atoms with Crippen LogP contribution in [0.15, 0.2) is 109 Å². The van der Waals surface area contributed by atoms with E-state index in [0.717, 1.165) is 59.6 Å². The average molecular weight is 609 g/mol. The van der Waals surface area contributed by atoms with E-state index in [0.29, 0.717) is 23.1 Å². The number of nitrogens with two attached hydrogens (primary N) is 1. The summed E-state index contributed by atoms with van der Waals surface area (Å²) in [5.41, 5.74) is 14.7. The summed E-state index contributed by atoms with van der Waals surface area (Å²) in [6.45, 7) is 4.25. The molecule has 2 N–H and O–H groups in total. The van der Waals surface area contributed by atoms with E-state index in [1.165, 1.54) is 18.2 Å². The van der Waals surface area contributed by atoms with Gasteiger partial charge in [0.2, 0.25) is 0 Å². The van der Waals surface area contributed by atoms with E-state index in [9.17, 15) is 4.79 Å². The zero-order valence-corrected chi connectivity index (χ0v) is 26.0. The van der Waals surface area contributed by atoms with Gasteiger partial charge < -0.3 is 10.5 Å². The van der Waals surface area contributed by atoms with Gasteiger partial charge in [-0.25, -0.2) is 19.7 Å². The van der Waals surface area contributed by atoms with Gasteiger partial charge in [0, 0.05) is 30.0 Å². The second-order valence-corrected chi connectivity index (χ2v) is 11.8. The third-order valence-electron chi connectivity index (χ3n) is 9.09. The highest BCUT2D eigenvalue weighted by Gasteiger charge is 2.26. The molecular weight excluding hydrogens is 572 g/mol. The normalized spacial score (nSPS) is 15.9. The highest BCUT2D eigenvalue weighted by molar-refractivity contribution is 5.89. The smallest absolute Gasteiger partial charge is 0.337 e. The van der Waals surface area contributed by atoms with Gasteiger partial charge in [0.15, 0.2) is 11.5 Å². The summed E-state index contributed by atoms with van der Waals surface area (Å²) in [7, 11) is 1.41. The molecule has 0 spiro atoms. The summed E-state index contributed by atoms with van der Waals surface area (Å²) < 4.78 is 6.95. The number of nitrogen functional groups attached to an aromatic ring is 1. The molecule has 1 aliphatic heterocycles. The molecule has 0 aliphatic carbocycles. The van der Waals surface area contributed by atoms with Crippen LogP contribution in [0.1, 0.15) is 53.2 Å². The van der Waals surface area contributed by atoms with Gasteiger partial charge in [-0.3, -0.25) is 9.47 Å². The molecule has 4 heterocycles. The van der Waals surface area contributed by atoms with Crippen LogP contribution in [-0.2, 0) is 4.74 Å². The number of ether oxygens (including phenoxy) is 1. The van der Waals surface area contributed by atoms with E-state index < -0.39 is 0 Å². The Morgan fingerprint density at radius 3 is 2.43 bits per heavy atom. The Hall–Kier alpha value is -5.34. The van der Waals surface area contributed by atoms with Gasteiger partial charge in [-0.15, -0.1) is 0 Å². The SMILES string of the molecule is COC(=O)c1ccc(C(C)N2CCCC(c3ccc(-n4c(-c5cccnc5N)nc5ccc(-c6ccccc6)nc54)cc3)C2)cc1. The lowest BCUT2D eigenvalue weighted by Gasteiger charge is -2.37. The second-order valence-electron chi connectivity index (χ2n) is 11.8. The van der Waals surface area contributed by atoms with Gasteiger partial charge >= 0.3 is 5.97 Å². The molecule has 6 aromatic rings. The molecule has 3 aromatic carbocycles. The standard InChI is InChI=1S/C38H36N6O2/c1-25(26-12-14-29(15-13-26)38(45)46-2)43-23-7-10-30(24-43)27-16-18-31(19-17-27)44-36(32-11-6-22-40-35(32)39)42-34-21-20-33(41-37(34)44)28-8-4-3-5-9-28/h3-6,8-9,11-22,25,30H,7,10,23-24H2,1-2H3,(H2,39,40). The number of carbonyl (C=O) groups excluding carboxylic acids is 1. The number of imidazole rings is 1. The summed E-state index contributed by atoms with van der Waals surface area (Å²) in [5.74, 6) is 1.24. The van der Waals surface area contributed by atoms with Crippen LogP contribution in [0.25, 0.3) is 39.5 Å². The van der Waals surface area contributed by atoms with Crippen LogP contribution in [0.4, 0.5) is 5.82 Å². The highest BCUT2D eigenvalue weighted by Crippen LogP contribution is 2.35. The number of hydrogen-bond acceptors (Lipinski definition) is 7. The Morgan fingerprint density at radius 1 is 0.913 bits per heavy atom. The number of esters is 1. The molecular formula is C38H36N6O2.